The molecule has 0 saturated carbocycles. The number of aromatic nitrogens is 2. The molecular weight excluding hydrogens is 136 g/mol. The van der Waals surface area contributed by atoms with Crippen molar-refractivity contribution < 1.29 is 0 Å². The molecule has 1 heterocycles. The number of rotatable bonds is 1. The van der Waals surface area contributed by atoms with Crippen LogP contribution in [0.2, 0.25) is 0 Å². The first kappa shape index (κ1) is 9.82. The van der Waals surface area contributed by atoms with Gasteiger partial charge in [-0.2, -0.15) is 0 Å². The van der Waals surface area contributed by atoms with Crippen LogP contribution in [0.1, 0.15) is 25.4 Å². The van der Waals surface area contributed by atoms with E-state index >= 15 is 0 Å². The molecule has 0 aromatic carbocycles. The molecule has 1 aromatic rings. The van der Waals surface area contributed by atoms with Crippen LogP contribution < -0.4 is 0 Å². The molecule has 0 amide bonds. The molecule has 0 aliphatic heterocycles. The van der Waals surface area contributed by atoms with Gasteiger partial charge in [0.05, 0.1) is 5.69 Å². The Morgan fingerprint density at radius 1 is 1.45 bits per heavy atom. The smallest absolute Gasteiger partial charge is 0.125 e. The largest absolute Gasteiger partial charge is 0.242 e. The van der Waals surface area contributed by atoms with Gasteiger partial charge in [-0.15, -0.1) is 0 Å². The molecule has 2 nitrogen and oxygen atoms in total. The minimum absolute atomic E-state index is 0.785. The third-order valence-corrected chi connectivity index (χ3v) is 1.01. The van der Waals surface area contributed by atoms with Crippen molar-refractivity contribution in [1.82, 2.24) is 9.97 Å². The summed E-state index contributed by atoms with van der Waals surface area (Å²) < 4.78 is 0. The standard InChI is InChI=1S/C7H8N2.C2H6/c1-3-7-4-5-8-6(2)9-7;1-2/h3-5H,1H2,2H3;1-2H3. The summed E-state index contributed by atoms with van der Waals surface area (Å²) in [4.78, 5) is 7.99. The second-order valence-electron chi connectivity index (χ2n) is 1.73. The highest BCUT2D eigenvalue weighted by atomic mass is 14.9. The lowest BCUT2D eigenvalue weighted by molar-refractivity contribution is 1.04. The zero-order chi connectivity index (χ0) is 8.69. The Bertz CT molecular complexity index is 219. The van der Waals surface area contributed by atoms with Crippen molar-refractivity contribution >= 4 is 6.08 Å². The monoisotopic (exact) mass is 150 g/mol. The van der Waals surface area contributed by atoms with Crippen molar-refractivity contribution in [1.29, 1.82) is 0 Å². The van der Waals surface area contributed by atoms with Gasteiger partial charge in [0.2, 0.25) is 0 Å². The molecule has 1 aromatic heterocycles. The Balaban J connectivity index is 0.000000461. The number of hydrogen-bond donors (Lipinski definition) is 0. The average Bonchev–Trinajstić information content (AvgIpc) is 2.08. The molecule has 60 valence electrons. The lowest BCUT2D eigenvalue weighted by Gasteiger charge is -1.90. The van der Waals surface area contributed by atoms with E-state index in [9.17, 15) is 0 Å². The Morgan fingerprint density at radius 3 is 2.45 bits per heavy atom. The third-order valence-electron chi connectivity index (χ3n) is 1.01. The molecule has 0 bridgehead atoms. The Labute approximate surface area is 68.0 Å². The quantitative estimate of drug-likeness (QED) is 0.614. The molecular formula is C9H14N2. The normalized spacial score (nSPS) is 7.91. The predicted molar refractivity (Wildman–Crippen MR) is 48.2 cm³/mol. The van der Waals surface area contributed by atoms with Gasteiger partial charge >= 0.3 is 0 Å². The first-order valence-corrected chi connectivity index (χ1v) is 3.75. The van der Waals surface area contributed by atoms with Gasteiger partial charge in [0, 0.05) is 6.20 Å². The molecule has 1 rings (SSSR count). The van der Waals surface area contributed by atoms with E-state index in [2.05, 4.69) is 16.5 Å². The van der Waals surface area contributed by atoms with E-state index in [1.165, 1.54) is 0 Å². The van der Waals surface area contributed by atoms with Crippen LogP contribution in [0, 0.1) is 6.92 Å². The average molecular weight is 150 g/mol. The van der Waals surface area contributed by atoms with E-state index in [1.807, 2.05) is 26.8 Å². The summed E-state index contributed by atoms with van der Waals surface area (Å²) in [5.74, 6) is 0.785. The fourth-order valence-electron chi connectivity index (χ4n) is 0.588. The molecule has 0 spiro atoms. The summed E-state index contributed by atoms with van der Waals surface area (Å²) in [6, 6.07) is 1.82. The van der Waals surface area contributed by atoms with Gasteiger partial charge in [-0.25, -0.2) is 9.97 Å². The highest BCUT2D eigenvalue weighted by Gasteiger charge is 1.85. The molecule has 0 fully saturated rings. The lowest BCUT2D eigenvalue weighted by atomic mass is 10.4. The van der Waals surface area contributed by atoms with Crippen LogP contribution in [0.15, 0.2) is 18.8 Å². The summed E-state index contributed by atoms with van der Waals surface area (Å²) in [5.41, 5.74) is 0.877. The summed E-state index contributed by atoms with van der Waals surface area (Å²) in [6.45, 7) is 9.44. The van der Waals surface area contributed by atoms with Crippen LogP contribution >= 0.6 is 0 Å². The fourth-order valence-corrected chi connectivity index (χ4v) is 0.588. The highest BCUT2D eigenvalue weighted by Crippen LogP contribution is 1.94. The van der Waals surface area contributed by atoms with Gasteiger partial charge in [-0.3, -0.25) is 0 Å². The predicted octanol–water partition coefficient (Wildman–Crippen LogP) is 2.45. The maximum Gasteiger partial charge on any atom is 0.125 e. The zero-order valence-corrected chi connectivity index (χ0v) is 7.33. The van der Waals surface area contributed by atoms with Gasteiger partial charge in [0.1, 0.15) is 5.82 Å². The maximum absolute atomic E-state index is 4.06. The SMILES string of the molecule is C=Cc1ccnc(C)n1.CC. The van der Waals surface area contributed by atoms with E-state index < -0.39 is 0 Å². The minimum atomic E-state index is 0.785. The van der Waals surface area contributed by atoms with E-state index in [0.29, 0.717) is 0 Å². The molecule has 0 radical (unpaired) electrons. The first-order chi connectivity index (χ1) is 5.33. The lowest BCUT2D eigenvalue weighted by Crippen LogP contribution is -1.86. The summed E-state index contributed by atoms with van der Waals surface area (Å²) in [5, 5.41) is 0. The maximum atomic E-state index is 4.06. The summed E-state index contributed by atoms with van der Waals surface area (Å²) >= 11 is 0. The second-order valence-corrected chi connectivity index (χ2v) is 1.73. The van der Waals surface area contributed by atoms with E-state index in [-0.39, 0.29) is 0 Å². The number of nitrogens with zero attached hydrogens (tertiary/aromatic N) is 2. The van der Waals surface area contributed by atoms with E-state index in [1.54, 1.807) is 12.3 Å². The summed E-state index contributed by atoms with van der Waals surface area (Å²) in [7, 11) is 0. The van der Waals surface area contributed by atoms with Crippen LogP contribution in [-0.2, 0) is 0 Å². The third kappa shape index (κ3) is 3.50. The van der Waals surface area contributed by atoms with Crippen molar-refractivity contribution in [2.75, 3.05) is 0 Å². The van der Waals surface area contributed by atoms with Crippen LogP contribution in [0.4, 0.5) is 0 Å². The van der Waals surface area contributed by atoms with Crippen LogP contribution in [-0.4, -0.2) is 9.97 Å². The first-order valence-electron chi connectivity index (χ1n) is 3.75. The molecule has 0 aliphatic carbocycles. The van der Waals surface area contributed by atoms with Crippen molar-refractivity contribution in [3.8, 4) is 0 Å². The summed E-state index contributed by atoms with van der Waals surface area (Å²) in [6.07, 6.45) is 3.42. The van der Waals surface area contributed by atoms with Crippen LogP contribution in [0.3, 0.4) is 0 Å². The van der Waals surface area contributed by atoms with Crippen molar-refractivity contribution in [3.63, 3.8) is 0 Å². The van der Waals surface area contributed by atoms with Crippen LogP contribution in [0.25, 0.3) is 6.08 Å². The molecule has 11 heavy (non-hydrogen) atoms. The molecule has 0 saturated heterocycles. The Morgan fingerprint density at radius 2 is 2.09 bits per heavy atom. The molecule has 2 heteroatoms. The molecule has 0 unspecified atom stereocenters. The number of aryl methyl sites for hydroxylation is 1. The Kier molecular flexibility index (Phi) is 4.99. The van der Waals surface area contributed by atoms with E-state index in [4.69, 9.17) is 0 Å². The molecule has 0 aliphatic rings. The molecule has 0 N–H and O–H groups in total. The van der Waals surface area contributed by atoms with E-state index in [0.717, 1.165) is 11.5 Å². The van der Waals surface area contributed by atoms with Gasteiger partial charge in [-0.1, -0.05) is 20.4 Å². The topological polar surface area (TPSA) is 25.8 Å². The minimum Gasteiger partial charge on any atom is -0.242 e. The van der Waals surface area contributed by atoms with Crippen molar-refractivity contribution in [2.24, 2.45) is 0 Å². The van der Waals surface area contributed by atoms with Gasteiger partial charge in [0.25, 0.3) is 0 Å². The number of hydrogen-bond acceptors (Lipinski definition) is 2. The van der Waals surface area contributed by atoms with Crippen LogP contribution in [0.5, 0.6) is 0 Å². The zero-order valence-electron chi connectivity index (χ0n) is 7.33. The second kappa shape index (κ2) is 5.59. The van der Waals surface area contributed by atoms with Gasteiger partial charge < -0.3 is 0 Å². The van der Waals surface area contributed by atoms with Crippen molar-refractivity contribution in [3.05, 3.63) is 30.4 Å². The van der Waals surface area contributed by atoms with Gasteiger partial charge in [-0.05, 0) is 19.1 Å². The Hall–Kier alpha value is -1.18. The highest BCUT2D eigenvalue weighted by molar-refractivity contribution is 5.39. The fraction of sp³-hybridized carbons (Fsp3) is 0.333. The van der Waals surface area contributed by atoms with Gasteiger partial charge in [0.15, 0.2) is 0 Å². The van der Waals surface area contributed by atoms with Crippen molar-refractivity contribution in [2.45, 2.75) is 20.8 Å². The molecule has 0 atom stereocenters.